The molecule has 0 bridgehead atoms. The topological polar surface area (TPSA) is 67.9 Å². The molecule has 1 fully saturated rings. The van der Waals surface area contributed by atoms with E-state index < -0.39 is 17.3 Å². The van der Waals surface area contributed by atoms with Crippen molar-refractivity contribution >= 4 is 29.3 Å². The molecular weight excluding hydrogens is 435 g/mol. The fraction of sp³-hybridized carbons (Fsp3) is 0.417. The van der Waals surface area contributed by atoms with Crippen LogP contribution in [0, 0.1) is 5.82 Å². The lowest BCUT2D eigenvalue weighted by Crippen LogP contribution is -2.49. The smallest absolute Gasteiger partial charge is 0.410 e. The van der Waals surface area contributed by atoms with Crippen LogP contribution in [-0.2, 0) is 4.74 Å². The molecule has 1 saturated heterocycles. The molecule has 1 aliphatic heterocycles. The van der Waals surface area contributed by atoms with Gasteiger partial charge in [0.15, 0.2) is 0 Å². The van der Waals surface area contributed by atoms with Crippen molar-refractivity contribution in [1.82, 2.24) is 4.90 Å². The number of rotatable bonds is 4. The van der Waals surface area contributed by atoms with Crippen LogP contribution >= 0.6 is 11.6 Å². The van der Waals surface area contributed by atoms with Crippen molar-refractivity contribution in [3.8, 4) is 5.75 Å². The number of hydrogen-bond acceptors (Lipinski definition) is 4. The van der Waals surface area contributed by atoms with Gasteiger partial charge in [-0.3, -0.25) is 4.79 Å². The van der Waals surface area contributed by atoms with Crippen molar-refractivity contribution in [2.75, 3.05) is 11.9 Å². The van der Waals surface area contributed by atoms with E-state index in [0.717, 1.165) is 6.07 Å². The van der Waals surface area contributed by atoms with Gasteiger partial charge in [-0.2, -0.15) is 0 Å². The fourth-order valence-electron chi connectivity index (χ4n) is 3.54. The number of amides is 2. The highest BCUT2D eigenvalue weighted by atomic mass is 35.5. The number of hydrogen-bond donors (Lipinski definition) is 1. The van der Waals surface area contributed by atoms with E-state index in [4.69, 9.17) is 21.1 Å². The molecular formula is C24H28ClFN2O4. The molecule has 0 radical (unpaired) electrons. The molecule has 32 heavy (non-hydrogen) atoms. The second-order valence-electron chi connectivity index (χ2n) is 8.89. The number of nitrogens with one attached hydrogen (secondary N) is 1. The van der Waals surface area contributed by atoms with Crippen LogP contribution in [0.4, 0.5) is 14.9 Å². The Bertz CT molecular complexity index is 992. The molecule has 0 aliphatic carbocycles. The molecule has 1 aliphatic rings. The first-order valence-corrected chi connectivity index (χ1v) is 10.9. The highest BCUT2D eigenvalue weighted by molar-refractivity contribution is 6.34. The molecule has 0 spiro atoms. The number of anilines is 1. The van der Waals surface area contributed by atoms with Gasteiger partial charge in [0.2, 0.25) is 0 Å². The summed E-state index contributed by atoms with van der Waals surface area (Å²) < 4.78 is 24.8. The molecule has 0 aromatic heterocycles. The van der Waals surface area contributed by atoms with Gasteiger partial charge in [-0.1, -0.05) is 17.7 Å². The third-order valence-electron chi connectivity index (χ3n) is 5.03. The molecule has 2 aromatic rings. The highest BCUT2D eigenvalue weighted by Crippen LogP contribution is 2.27. The Morgan fingerprint density at radius 1 is 1.19 bits per heavy atom. The minimum atomic E-state index is -0.535. The molecule has 2 atom stereocenters. The molecule has 0 unspecified atom stereocenters. The summed E-state index contributed by atoms with van der Waals surface area (Å²) in [7, 11) is 0. The maximum atomic E-state index is 13.2. The maximum absolute atomic E-state index is 13.2. The SMILES string of the molecule is C[C@H]1C[C@H](Oc2cccc(NC(=O)c3ccc(F)cc3Cl)c2)CCN1C(=O)OC(C)(C)C. The van der Waals surface area contributed by atoms with E-state index in [9.17, 15) is 14.0 Å². The first kappa shape index (κ1) is 23.9. The Labute approximate surface area is 192 Å². The van der Waals surface area contributed by atoms with Gasteiger partial charge in [-0.25, -0.2) is 9.18 Å². The van der Waals surface area contributed by atoms with E-state index in [1.807, 2.05) is 33.8 Å². The average molecular weight is 463 g/mol. The molecule has 172 valence electrons. The minimum absolute atomic E-state index is 0.0212. The number of benzene rings is 2. The lowest BCUT2D eigenvalue weighted by atomic mass is 10.0. The van der Waals surface area contributed by atoms with Crippen LogP contribution in [0.3, 0.4) is 0 Å². The second kappa shape index (κ2) is 9.77. The van der Waals surface area contributed by atoms with Crippen LogP contribution in [-0.4, -0.2) is 41.2 Å². The van der Waals surface area contributed by atoms with Gasteiger partial charge >= 0.3 is 6.09 Å². The fourth-order valence-corrected chi connectivity index (χ4v) is 3.79. The zero-order chi connectivity index (χ0) is 23.5. The summed E-state index contributed by atoms with van der Waals surface area (Å²) in [6.45, 7) is 8.06. The summed E-state index contributed by atoms with van der Waals surface area (Å²) in [5.74, 6) is -0.337. The minimum Gasteiger partial charge on any atom is -0.490 e. The average Bonchev–Trinajstić information content (AvgIpc) is 2.66. The number of likely N-dealkylation sites (tertiary alicyclic amines) is 1. The zero-order valence-corrected chi connectivity index (χ0v) is 19.4. The standard InChI is InChI=1S/C24H28ClFN2O4/c1-15-12-19(10-11-28(15)23(30)32-24(2,3)4)31-18-7-5-6-17(14-18)27-22(29)20-9-8-16(26)13-21(20)25/h5-9,13-15,19H,10-12H2,1-4H3,(H,27,29)/t15-,19+/m0/s1. The van der Waals surface area contributed by atoms with E-state index >= 15 is 0 Å². The van der Waals surface area contributed by atoms with Crippen LogP contribution in [0.2, 0.25) is 5.02 Å². The monoisotopic (exact) mass is 462 g/mol. The lowest BCUT2D eigenvalue weighted by molar-refractivity contribution is -0.00102. The van der Waals surface area contributed by atoms with E-state index in [-0.39, 0.29) is 28.8 Å². The van der Waals surface area contributed by atoms with E-state index in [1.54, 1.807) is 23.1 Å². The first-order valence-electron chi connectivity index (χ1n) is 10.5. The zero-order valence-electron chi connectivity index (χ0n) is 18.7. The quantitative estimate of drug-likeness (QED) is 0.614. The Kier molecular flexibility index (Phi) is 7.29. The van der Waals surface area contributed by atoms with Gasteiger partial charge in [-0.05, 0) is 58.0 Å². The van der Waals surface area contributed by atoms with E-state index in [0.29, 0.717) is 30.8 Å². The van der Waals surface area contributed by atoms with E-state index in [1.165, 1.54) is 12.1 Å². The Morgan fingerprint density at radius 2 is 1.94 bits per heavy atom. The van der Waals surface area contributed by atoms with Gasteiger partial charge in [0.25, 0.3) is 5.91 Å². The van der Waals surface area contributed by atoms with Crippen molar-refractivity contribution < 1.29 is 23.5 Å². The number of nitrogens with zero attached hydrogens (tertiary/aromatic N) is 1. The molecule has 0 saturated carbocycles. The largest absolute Gasteiger partial charge is 0.490 e. The lowest BCUT2D eigenvalue weighted by Gasteiger charge is -2.38. The van der Waals surface area contributed by atoms with Gasteiger partial charge in [0.05, 0.1) is 10.6 Å². The molecule has 3 rings (SSSR count). The summed E-state index contributed by atoms with van der Waals surface area (Å²) in [6.07, 6.45) is 0.959. The summed E-state index contributed by atoms with van der Waals surface area (Å²) in [4.78, 5) is 26.6. The number of carbonyl (C=O) groups is 2. The van der Waals surface area contributed by atoms with Crippen LogP contribution < -0.4 is 10.1 Å². The number of halogens is 2. The molecule has 8 heteroatoms. The molecule has 2 amide bonds. The van der Waals surface area contributed by atoms with Crippen molar-refractivity contribution in [3.63, 3.8) is 0 Å². The summed E-state index contributed by atoms with van der Waals surface area (Å²) in [5.41, 5.74) is 0.183. The predicted octanol–water partition coefficient (Wildman–Crippen LogP) is 5.90. The Morgan fingerprint density at radius 3 is 2.59 bits per heavy atom. The molecule has 6 nitrogen and oxygen atoms in total. The summed E-state index contributed by atoms with van der Waals surface area (Å²) in [6, 6.07) is 10.6. The molecule has 1 heterocycles. The van der Waals surface area contributed by atoms with Crippen LogP contribution in [0.5, 0.6) is 5.75 Å². The summed E-state index contributed by atoms with van der Waals surface area (Å²) in [5, 5.41) is 2.80. The van der Waals surface area contributed by atoms with Gasteiger partial charge in [-0.15, -0.1) is 0 Å². The van der Waals surface area contributed by atoms with Crippen molar-refractivity contribution in [1.29, 1.82) is 0 Å². The highest BCUT2D eigenvalue weighted by Gasteiger charge is 2.32. The van der Waals surface area contributed by atoms with Gasteiger partial charge in [0.1, 0.15) is 23.3 Å². The normalized spacial score (nSPS) is 18.8. The van der Waals surface area contributed by atoms with Crippen LogP contribution in [0.15, 0.2) is 42.5 Å². The van der Waals surface area contributed by atoms with Crippen LogP contribution in [0.1, 0.15) is 50.9 Å². The Balaban J connectivity index is 1.59. The number of ether oxygens (including phenoxy) is 2. The first-order chi connectivity index (χ1) is 15.0. The van der Waals surface area contributed by atoms with Gasteiger partial charge in [0, 0.05) is 37.2 Å². The second-order valence-corrected chi connectivity index (χ2v) is 9.30. The van der Waals surface area contributed by atoms with Crippen molar-refractivity contribution in [3.05, 3.63) is 58.9 Å². The maximum Gasteiger partial charge on any atom is 0.410 e. The Hall–Kier alpha value is -2.80. The number of carbonyl (C=O) groups excluding carboxylic acids is 2. The summed E-state index contributed by atoms with van der Waals surface area (Å²) >= 11 is 5.97. The third kappa shape index (κ3) is 6.36. The third-order valence-corrected chi connectivity index (χ3v) is 5.34. The number of piperidine rings is 1. The van der Waals surface area contributed by atoms with Gasteiger partial charge < -0.3 is 19.7 Å². The molecule has 1 N–H and O–H groups in total. The van der Waals surface area contributed by atoms with E-state index in [2.05, 4.69) is 5.32 Å². The molecule has 2 aromatic carbocycles. The van der Waals surface area contributed by atoms with Crippen molar-refractivity contribution in [2.45, 2.75) is 58.3 Å². The van der Waals surface area contributed by atoms with Crippen LogP contribution in [0.25, 0.3) is 0 Å². The van der Waals surface area contributed by atoms with Crippen molar-refractivity contribution in [2.24, 2.45) is 0 Å². The predicted molar refractivity (Wildman–Crippen MR) is 122 cm³/mol.